The Labute approximate surface area is 105 Å². The van der Waals surface area contributed by atoms with Crippen LogP contribution in [-0.4, -0.2) is 18.9 Å². The van der Waals surface area contributed by atoms with Crippen LogP contribution < -0.4 is 5.32 Å². The molecular formula is C13H15ClFNO. The highest BCUT2D eigenvalue weighted by Gasteiger charge is 2.20. The minimum atomic E-state index is -0.442. The third-order valence-corrected chi connectivity index (χ3v) is 3.40. The van der Waals surface area contributed by atoms with E-state index in [1.807, 2.05) is 0 Å². The quantitative estimate of drug-likeness (QED) is 0.900. The second kappa shape index (κ2) is 5.61. The number of ketones is 1. The highest BCUT2D eigenvalue weighted by atomic mass is 35.5. The molecule has 0 amide bonds. The van der Waals surface area contributed by atoms with Gasteiger partial charge >= 0.3 is 0 Å². The summed E-state index contributed by atoms with van der Waals surface area (Å²) in [6.07, 6.45) is 2.33. The monoisotopic (exact) mass is 255 g/mol. The fraction of sp³-hybridized carbons (Fsp3) is 0.462. The molecule has 1 saturated heterocycles. The van der Waals surface area contributed by atoms with E-state index in [0.717, 1.165) is 31.5 Å². The van der Waals surface area contributed by atoms with E-state index in [0.29, 0.717) is 6.42 Å². The number of carbonyl (C=O) groups excluding carboxylic acids is 1. The van der Waals surface area contributed by atoms with E-state index in [9.17, 15) is 9.18 Å². The van der Waals surface area contributed by atoms with Crippen LogP contribution in [0.2, 0.25) is 5.02 Å². The Morgan fingerprint density at radius 3 is 3.00 bits per heavy atom. The molecule has 1 N–H and O–H groups in total. The first-order valence-electron chi connectivity index (χ1n) is 5.84. The lowest BCUT2D eigenvalue weighted by molar-refractivity contribution is -0.122. The van der Waals surface area contributed by atoms with Crippen molar-refractivity contribution in [1.82, 2.24) is 5.32 Å². The maximum atomic E-state index is 13.0. The average molecular weight is 256 g/mol. The van der Waals surface area contributed by atoms with Crippen molar-refractivity contribution in [2.24, 2.45) is 5.92 Å². The zero-order chi connectivity index (χ0) is 12.3. The Kier molecular flexibility index (Phi) is 4.13. The number of rotatable bonds is 3. The molecule has 0 aliphatic carbocycles. The number of hydrogen-bond donors (Lipinski definition) is 1. The van der Waals surface area contributed by atoms with Gasteiger partial charge in [0, 0.05) is 18.9 Å². The van der Waals surface area contributed by atoms with Gasteiger partial charge in [0.05, 0.1) is 5.02 Å². The number of carbonyl (C=O) groups is 1. The van der Waals surface area contributed by atoms with Crippen LogP contribution in [0.4, 0.5) is 4.39 Å². The summed E-state index contributed by atoms with van der Waals surface area (Å²) in [5.41, 5.74) is 0.784. The molecule has 1 aromatic carbocycles. The van der Waals surface area contributed by atoms with Gasteiger partial charge in [-0.2, -0.15) is 0 Å². The van der Waals surface area contributed by atoms with E-state index in [1.165, 1.54) is 12.1 Å². The zero-order valence-electron chi connectivity index (χ0n) is 9.51. The third kappa shape index (κ3) is 3.27. The summed E-state index contributed by atoms with van der Waals surface area (Å²) in [6, 6.07) is 4.46. The summed E-state index contributed by atoms with van der Waals surface area (Å²) in [5.74, 6) is -0.144. The van der Waals surface area contributed by atoms with Crippen LogP contribution in [-0.2, 0) is 11.2 Å². The lowest BCUT2D eigenvalue weighted by Crippen LogP contribution is -2.35. The highest BCUT2D eigenvalue weighted by Crippen LogP contribution is 2.19. The summed E-state index contributed by atoms with van der Waals surface area (Å²) < 4.78 is 13.0. The molecule has 92 valence electrons. The topological polar surface area (TPSA) is 29.1 Å². The summed E-state index contributed by atoms with van der Waals surface area (Å²) in [6.45, 7) is 1.75. The molecular weight excluding hydrogens is 241 g/mol. The Balaban J connectivity index is 1.99. The second-order valence-electron chi connectivity index (χ2n) is 4.43. The number of Topliss-reactive ketones (excluding diaryl/α,β-unsaturated/α-hetero) is 1. The normalized spacial score (nSPS) is 20.2. The smallest absolute Gasteiger partial charge is 0.141 e. The minimum absolute atomic E-state index is 0.0806. The van der Waals surface area contributed by atoms with Crippen LogP contribution in [0.1, 0.15) is 18.4 Å². The van der Waals surface area contributed by atoms with Gasteiger partial charge in [0.1, 0.15) is 11.6 Å². The van der Waals surface area contributed by atoms with Crippen LogP contribution in [0.15, 0.2) is 18.2 Å². The van der Waals surface area contributed by atoms with Gasteiger partial charge in [0.15, 0.2) is 0 Å². The van der Waals surface area contributed by atoms with E-state index in [-0.39, 0.29) is 16.7 Å². The standard InChI is InChI=1S/C13H15ClFNO/c14-11-6-9(3-4-12(11)15)7-13(17)10-2-1-5-16-8-10/h3-4,6,10,16H,1-2,5,7-8H2. The molecule has 1 heterocycles. The number of piperidine rings is 1. The Bertz CT molecular complexity index is 416. The summed E-state index contributed by atoms with van der Waals surface area (Å²) >= 11 is 5.68. The van der Waals surface area contributed by atoms with Gasteiger partial charge in [-0.15, -0.1) is 0 Å². The van der Waals surface area contributed by atoms with Gasteiger partial charge in [-0.1, -0.05) is 17.7 Å². The third-order valence-electron chi connectivity index (χ3n) is 3.11. The molecule has 1 fully saturated rings. The van der Waals surface area contributed by atoms with Crippen LogP contribution in [0, 0.1) is 11.7 Å². The molecule has 4 heteroatoms. The highest BCUT2D eigenvalue weighted by molar-refractivity contribution is 6.30. The molecule has 0 saturated carbocycles. The predicted molar refractivity (Wildman–Crippen MR) is 65.7 cm³/mol. The molecule has 0 spiro atoms. The van der Waals surface area contributed by atoms with Gasteiger partial charge < -0.3 is 5.32 Å². The lowest BCUT2D eigenvalue weighted by Gasteiger charge is -2.21. The predicted octanol–water partition coefficient (Wildman–Crippen LogP) is 2.59. The Morgan fingerprint density at radius 1 is 1.53 bits per heavy atom. The van der Waals surface area contributed by atoms with Crippen molar-refractivity contribution >= 4 is 17.4 Å². The van der Waals surface area contributed by atoms with E-state index < -0.39 is 5.82 Å². The van der Waals surface area contributed by atoms with Crippen molar-refractivity contribution in [1.29, 1.82) is 0 Å². The molecule has 0 bridgehead atoms. The van der Waals surface area contributed by atoms with Gasteiger partial charge in [0.2, 0.25) is 0 Å². The first kappa shape index (κ1) is 12.5. The largest absolute Gasteiger partial charge is 0.316 e. The molecule has 2 rings (SSSR count). The van der Waals surface area contributed by atoms with Gasteiger partial charge in [-0.3, -0.25) is 4.79 Å². The van der Waals surface area contributed by atoms with E-state index in [2.05, 4.69) is 5.32 Å². The van der Waals surface area contributed by atoms with E-state index >= 15 is 0 Å². The van der Waals surface area contributed by atoms with Crippen LogP contribution in [0.3, 0.4) is 0 Å². The molecule has 1 aliphatic rings. The maximum Gasteiger partial charge on any atom is 0.141 e. The van der Waals surface area contributed by atoms with Crippen molar-refractivity contribution in [2.45, 2.75) is 19.3 Å². The molecule has 1 aromatic rings. The number of nitrogens with one attached hydrogen (secondary N) is 1. The zero-order valence-corrected chi connectivity index (χ0v) is 10.3. The molecule has 0 radical (unpaired) electrons. The van der Waals surface area contributed by atoms with Gasteiger partial charge in [-0.25, -0.2) is 4.39 Å². The van der Waals surface area contributed by atoms with Crippen molar-refractivity contribution in [3.05, 3.63) is 34.6 Å². The summed E-state index contributed by atoms with van der Waals surface area (Å²) in [5, 5.41) is 3.30. The molecule has 1 atom stereocenters. The minimum Gasteiger partial charge on any atom is -0.316 e. The van der Waals surface area contributed by atoms with Crippen molar-refractivity contribution < 1.29 is 9.18 Å². The Morgan fingerprint density at radius 2 is 2.35 bits per heavy atom. The molecule has 0 aromatic heterocycles. The lowest BCUT2D eigenvalue weighted by atomic mass is 9.91. The molecule has 1 aliphatic heterocycles. The fourth-order valence-corrected chi connectivity index (χ4v) is 2.32. The van der Waals surface area contributed by atoms with Crippen LogP contribution in [0.5, 0.6) is 0 Å². The van der Waals surface area contributed by atoms with Crippen LogP contribution in [0.25, 0.3) is 0 Å². The van der Waals surface area contributed by atoms with Crippen LogP contribution >= 0.6 is 11.6 Å². The maximum absolute atomic E-state index is 13.0. The number of benzene rings is 1. The fourth-order valence-electron chi connectivity index (χ4n) is 2.12. The second-order valence-corrected chi connectivity index (χ2v) is 4.84. The first-order chi connectivity index (χ1) is 8.16. The first-order valence-corrected chi connectivity index (χ1v) is 6.22. The summed E-state index contributed by atoms with van der Waals surface area (Å²) in [7, 11) is 0. The number of hydrogen-bond acceptors (Lipinski definition) is 2. The SMILES string of the molecule is O=C(Cc1ccc(F)c(Cl)c1)C1CCCNC1. The van der Waals surface area contributed by atoms with Gasteiger partial charge in [0.25, 0.3) is 0 Å². The molecule has 17 heavy (non-hydrogen) atoms. The molecule has 2 nitrogen and oxygen atoms in total. The average Bonchev–Trinajstić information content (AvgIpc) is 2.35. The van der Waals surface area contributed by atoms with Gasteiger partial charge in [-0.05, 0) is 37.1 Å². The van der Waals surface area contributed by atoms with Crippen molar-refractivity contribution in [3.63, 3.8) is 0 Å². The van der Waals surface area contributed by atoms with Crippen molar-refractivity contribution in [2.75, 3.05) is 13.1 Å². The van der Waals surface area contributed by atoms with E-state index in [1.54, 1.807) is 6.07 Å². The molecule has 1 unspecified atom stereocenters. The summed E-state index contributed by atoms with van der Waals surface area (Å²) in [4.78, 5) is 12.0. The van der Waals surface area contributed by atoms with E-state index in [4.69, 9.17) is 11.6 Å². The van der Waals surface area contributed by atoms with Crippen molar-refractivity contribution in [3.8, 4) is 0 Å². The Hall–Kier alpha value is -0.930. The number of halogens is 2.